The van der Waals surface area contributed by atoms with Gasteiger partial charge in [0.25, 0.3) is 0 Å². The van der Waals surface area contributed by atoms with Crippen molar-refractivity contribution in [3.05, 3.63) is 53.3 Å². The summed E-state index contributed by atoms with van der Waals surface area (Å²) in [5.74, 6) is 1.14. The van der Waals surface area contributed by atoms with Gasteiger partial charge in [-0.05, 0) is 55.8 Å². The number of hydrogen-bond donors (Lipinski definition) is 2. The molecule has 0 spiro atoms. The van der Waals surface area contributed by atoms with Gasteiger partial charge >= 0.3 is 6.18 Å². The molecule has 8 heteroatoms. The standard InChI is InChI=1S/C20H22F3N5/c1-11(13-7-14(20(21,22)23)9-15(24)8-13)25-19-17-10-16(28(3)4)5-6-18(17)26-12(2)27-19/h5-11H,24H2,1-4H3,(H,25,26,27)/t11-/m1/s1. The first kappa shape index (κ1) is 19.7. The van der Waals surface area contributed by atoms with E-state index < -0.39 is 17.8 Å². The summed E-state index contributed by atoms with van der Waals surface area (Å²) in [6.07, 6.45) is -4.46. The number of nitrogens with zero attached hydrogens (tertiary/aromatic N) is 3. The van der Waals surface area contributed by atoms with E-state index in [-0.39, 0.29) is 5.69 Å². The van der Waals surface area contributed by atoms with Crippen molar-refractivity contribution in [3.63, 3.8) is 0 Å². The van der Waals surface area contributed by atoms with Crippen molar-refractivity contribution in [2.75, 3.05) is 30.0 Å². The van der Waals surface area contributed by atoms with E-state index in [4.69, 9.17) is 5.73 Å². The van der Waals surface area contributed by atoms with Gasteiger partial charge in [-0.25, -0.2) is 9.97 Å². The first-order valence-electron chi connectivity index (χ1n) is 8.74. The number of benzene rings is 2. The highest BCUT2D eigenvalue weighted by atomic mass is 19.4. The number of rotatable bonds is 4. The zero-order chi connectivity index (χ0) is 20.6. The van der Waals surface area contributed by atoms with Gasteiger partial charge in [0.05, 0.1) is 17.1 Å². The number of alkyl halides is 3. The average molecular weight is 389 g/mol. The van der Waals surface area contributed by atoms with Crippen molar-refractivity contribution in [2.45, 2.75) is 26.1 Å². The van der Waals surface area contributed by atoms with E-state index in [1.807, 2.05) is 37.2 Å². The molecule has 0 aliphatic carbocycles. The molecule has 0 amide bonds. The number of aryl methyl sites for hydroxylation is 1. The first-order chi connectivity index (χ1) is 13.0. The predicted octanol–water partition coefficient (Wildman–Crippen LogP) is 4.78. The number of anilines is 3. The summed E-state index contributed by atoms with van der Waals surface area (Å²) >= 11 is 0. The van der Waals surface area contributed by atoms with Crippen molar-refractivity contribution < 1.29 is 13.2 Å². The van der Waals surface area contributed by atoms with Crippen molar-refractivity contribution in [1.29, 1.82) is 0 Å². The summed E-state index contributed by atoms with van der Waals surface area (Å²) in [7, 11) is 3.86. The first-order valence-corrected chi connectivity index (χ1v) is 8.74. The molecule has 1 heterocycles. The second-order valence-corrected chi connectivity index (χ2v) is 6.97. The molecule has 2 aromatic carbocycles. The number of aromatic nitrogens is 2. The SMILES string of the molecule is Cc1nc(N[C@H](C)c2cc(N)cc(C(F)(F)F)c2)c2cc(N(C)C)ccc2n1. The lowest BCUT2D eigenvalue weighted by Gasteiger charge is -2.20. The Bertz CT molecular complexity index is 1010. The molecular formula is C20H22F3N5. The summed E-state index contributed by atoms with van der Waals surface area (Å²) in [5.41, 5.74) is 7.16. The van der Waals surface area contributed by atoms with Gasteiger partial charge in [-0.1, -0.05) is 0 Å². The third-order valence-electron chi connectivity index (χ3n) is 4.47. The van der Waals surface area contributed by atoms with E-state index in [1.54, 1.807) is 13.8 Å². The second-order valence-electron chi connectivity index (χ2n) is 6.97. The summed E-state index contributed by atoms with van der Waals surface area (Å²) in [6.45, 7) is 3.55. The van der Waals surface area contributed by atoms with Crippen LogP contribution in [0.1, 0.15) is 29.9 Å². The molecule has 148 valence electrons. The second kappa shape index (κ2) is 7.18. The highest BCUT2D eigenvalue weighted by Gasteiger charge is 2.31. The van der Waals surface area contributed by atoms with Crippen LogP contribution in [0.5, 0.6) is 0 Å². The van der Waals surface area contributed by atoms with Crippen molar-refractivity contribution in [2.24, 2.45) is 0 Å². The van der Waals surface area contributed by atoms with Gasteiger partial charge in [0.15, 0.2) is 0 Å². The third-order valence-corrected chi connectivity index (χ3v) is 4.47. The molecule has 1 aromatic heterocycles. The van der Waals surface area contributed by atoms with Crippen LogP contribution in [0.3, 0.4) is 0 Å². The molecule has 0 aliphatic rings. The van der Waals surface area contributed by atoms with Crippen molar-refractivity contribution in [3.8, 4) is 0 Å². The fraction of sp³-hybridized carbons (Fsp3) is 0.300. The van der Waals surface area contributed by atoms with Gasteiger partial charge in [0, 0.05) is 30.9 Å². The van der Waals surface area contributed by atoms with Gasteiger partial charge in [-0.3, -0.25) is 0 Å². The molecule has 0 saturated heterocycles. The van der Waals surface area contributed by atoms with E-state index in [2.05, 4.69) is 15.3 Å². The molecule has 0 saturated carbocycles. The minimum atomic E-state index is -4.46. The number of nitrogens with one attached hydrogen (secondary N) is 1. The Balaban J connectivity index is 2.02. The number of halogens is 3. The van der Waals surface area contributed by atoms with Crippen LogP contribution in [0, 0.1) is 6.92 Å². The van der Waals surface area contributed by atoms with Gasteiger partial charge in [0.2, 0.25) is 0 Å². The van der Waals surface area contributed by atoms with Gasteiger partial charge in [-0.15, -0.1) is 0 Å². The van der Waals surface area contributed by atoms with E-state index in [1.165, 1.54) is 6.07 Å². The van der Waals surface area contributed by atoms with Crippen LogP contribution in [0.4, 0.5) is 30.4 Å². The van der Waals surface area contributed by atoms with Crippen LogP contribution in [-0.2, 0) is 6.18 Å². The Morgan fingerprint density at radius 1 is 1.07 bits per heavy atom. The minimum absolute atomic E-state index is 0.0668. The van der Waals surface area contributed by atoms with Crippen molar-refractivity contribution >= 4 is 28.1 Å². The van der Waals surface area contributed by atoms with Crippen molar-refractivity contribution in [1.82, 2.24) is 9.97 Å². The highest BCUT2D eigenvalue weighted by Crippen LogP contribution is 2.34. The number of nitrogen functional groups attached to an aromatic ring is 1. The smallest absolute Gasteiger partial charge is 0.399 e. The molecule has 1 atom stereocenters. The Morgan fingerprint density at radius 3 is 2.43 bits per heavy atom. The minimum Gasteiger partial charge on any atom is -0.399 e. The van der Waals surface area contributed by atoms with E-state index in [0.29, 0.717) is 17.2 Å². The zero-order valence-electron chi connectivity index (χ0n) is 16.1. The molecular weight excluding hydrogens is 367 g/mol. The predicted molar refractivity (Wildman–Crippen MR) is 106 cm³/mol. The summed E-state index contributed by atoms with van der Waals surface area (Å²) in [4.78, 5) is 10.9. The molecule has 3 rings (SSSR count). The van der Waals surface area contributed by atoms with E-state index >= 15 is 0 Å². The van der Waals surface area contributed by atoms with Crippen LogP contribution in [0.2, 0.25) is 0 Å². The lowest BCUT2D eigenvalue weighted by atomic mass is 10.0. The fourth-order valence-corrected chi connectivity index (χ4v) is 3.00. The maximum atomic E-state index is 13.1. The molecule has 0 fully saturated rings. The fourth-order valence-electron chi connectivity index (χ4n) is 3.00. The Hall–Kier alpha value is -3.03. The number of fused-ring (bicyclic) bond motifs is 1. The molecule has 5 nitrogen and oxygen atoms in total. The number of hydrogen-bond acceptors (Lipinski definition) is 5. The summed E-state index contributed by atoms with van der Waals surface area (Å²) in [6, 6.07) is 8.94. The molecule has 3 aromatic rings. The molecule has 0 radical (unpaired) electrons. The van der Waals surface area contributed by atoms with Crippen LogP contribution in [0.25, 0.3) is 10.9 Å². The Kier molecular flexibility index (Phi) is 5.06. The van der Waals surface area contributed by atoms with Gasteiger partial charge < -0.3 is 16.0 Å². The quantitative estimate of drug-likeness (QED) is 0.629. The van der Waals surface area contributed by atoms with Crippen LogP contribution in [0.15, 0.2) is 36.4 Å². The number of nitrogens with two attached hydrogens (primary N) is 1. The monoisotopic (exact) mass is 389 g/mol. The molecule has 0 bridgehead atoms. The van der Waals surface area contributed by atoms with E-state index in [9.17, 15) is 13.2 Å². The molecule has 3 N–H and O–H groups in total. The lowest BCUT2D eigenvalue weighted by molar-refractivity contribution is -0.137. The van der Waals surface area contributed by atoms with E-state index in [0.717, 1.165) is 28.7 Å². The average Bonchev–Trinajstić information content (AvgIpc) is 2.59. The molecule has 28 heavy (non-hydrogen) atoms. The van der Waals surface area contributed by atoms with Crippen LogP contribution < -0.4 is 16.0 Å². The Labute approximate surface area is 161 Å². The maximum Gasteiger partial charge on any atom is 0.416 e. The highest BCUT2D eigenvalue weighted by molar-refractivity contribution is 5.92. The molecule has 0 unspecified atom stereocenters. The maximum absolute atomic E-state index is 13.1. The topological polar surface area (TPSA) is 67.1 Å². The summed E-state index contributed by atoms with van der Waals surface area (Å²) < 4.78 is 39.4. The largest absolute Gasteiger partial charge is 0.416 e. The normalized spacial score (nSPS) is 12.8. The van der Waals surface area contributed by atoms with Gasteiger partial charge in [-0.2, -0.15) is 13.2 Å². The summed E-state index contributed by atoms with van der Waals surface area (Å²) in [5, 5.41) is 4.02. The Morgan fingerprint density at radius 2 is 1.79 bits per heavy atom. The van der Waals surface area contributed by atoms with Crippen LogP contribution >= 0.6 is 0 Å². The third kappa shape index (κ3) is 4.11. The zero-order valence-corrected chi connectivity index (χ0v) is 16.1. The van der Waals surface area contributed by atoms with Gasteiger partial charge in [0.1, 0.15) is 11.6 Å². The molecule has 0 aliphatic heterocycles. The lowest BCUT2D eigenvalue weighted by Crippen LogP contribution is -2.13. The van der Waals surface area contributed by atoms with Crippen LogP contribution in [-0.4, -0.2) is 24.1 Å².